The number of aromatic nitrogens is 2. The van der Waals surface area contributed by atoms with Crippen molar-refractivity contribution in [3.63, 3.8) is 0 Å². The van der Waals surface area contributed by atoms with Crippen molar-refractivity contribution in [3.05, 3.63) is 48.0 Å². The molecule has 1 aromatic carbocycles. The molecule has 18 heavy (non-hydrogen) atoms. The van der Waals surface area contributed by atoms with Crippen molar-refractivity contribution in [2.75, 3.05) is 5.73 Å². The zero-order valence-corrected chi connectivity index (χ0v) is 10.7. The minimum atomic E-state index is -3.51. The Morgan fingerprint density at radius 2 is 1.89 bits per heavy atom. The summed E-state index contributed by atoms with van der Waals surface area (Å²) in [5.41, 5.74) is 6.92. The highest BCUT2D eigenvalue weighted by molar-refractivity contribution is 7.90. The monoisotopic (exact) mass is 263 g/mol. The van der Waals surface area contributed by atoms with Crippen LogP contribution in [0, 0.1) is 6.92 Å². The zero-order valence-electron chi connectivity index (χ0n) is 9.87. The van der Waals surface area contributed by atoms with E-state index in [1.54, 1.807) is 18.2 Å². The van der Waals surface area contributed by atoms with Gasteiger partial charge in [0.25, 0.3) is 0 Å². The summed E-state index contributed by atoms with van der Waals surface area (Å²) >= 11 is 0. The number of benzene rings is 1. The molecule has 2 aromatic rings. The molecule has 0 aliphatic rings. The van der Waals surface area contributed by atoms with E-state index in [1.807, 2.05) is 6.92 Å². The van der Waals surface area contributed by atoms with Gasteiger partial charge in [0.2, 0.25) is 0 Å². The van der Waals surface area contributed by atoms with E-state index in [-0.39, 0.29) is 22.2 Å². The number of aryl methyl sites for hydroxylation is 1. The molecule has 0 unspecified atom stereocenters. The Kier molecular flexibility index (Phi) is 3.29. The normalized spacial score (nSPS) is 11.4. The van der Waals surface area contributed by atoms with Gasteiger partial charge in [0, 0.05) is 12.4 Å². The molecule has 1 heterocycles. The van der Waals surface area contributed by atoms with E-state index < -0.39 is 9.84 Å². The molecule has 6 heteroatoms. The Morgan fingerprint density at radius 3 is 2.50 bits per heavy atom. The van der Waals surface area contributed by atoms with E-state index in [1.165, 1.54) is 18.5 Å². The quantitative estimate of drug-likeness (QED) is 0.844. The van der Waals surface area contributed by atoms with Crippen LogP contribution in [0.1, 0.15) is 11.4 Å². The lowest BCUT2D eigenvalue weighted by Gasteiger charge is -2.07. The maximum absolute atomic E-state index is 12.2. The predicted molar refractivity (Wildman–Crippen MR) is 68.5 cm³/mol. The molecule has 0 fully saturated rings. The average molecular weight is 263 g/mol. The summed E-state index contributed by atoms with van der Waals surface area (Å²) in [6, 6.07) is 6.51. The number of nitrogens with two attached hydrogens (primary N) is 1. The summed E-state index contributed by atoms with van der Waals surface area (Å²) in [5.74, 6) is 0.0126. The molecule has 2 rings (SSSR count). The van der Waals surface area contributed by atoms with Crippen LogP contribution in [0.5, 0.6) is 0 Å². The number of sulfone groups is 1. The number of nitrogens with zero attached hydrogens (tertiary/aromatic N) is 2. The van der Waals surface area contributed by atoms with Crippen LogP contribution in [-0.4, -0.2) is 18.4 Å². The van der Waals surface area contributed by atoms with Crippen LogP contribution in [0.25, 0.3) is 0 Å². The molecule has 0 spiro atoms. The second-order valence-corrected chi connectivity index (χ2v) is 5.92. The van der Waals surface area contributed by atoms with Crippen molar-refractivity contribution >= 4 is 15.5 Å². The first-order valence-electron chi connectivity index (χ1n) is 5.34. The summed E-state index contributed by atoms with van der Waals surface area (Å²) in [7, 11) is -3.51. The fourth-order valence-electron chi connectivity index (χ4n) is 1.60. The smallest absolute Gasteiger partial charge is 0.187 e. The van der Waals surface area contributed by atoms with Crippen LogP contribution < -0.4 is 5.73 Å². The summed E-state index contributed by atoms with van der Waals surface area (Å²) < 4.78 is 24.3. The molecule has 0 bridgehead atoms. The van der Waals surface area contributed by atoms with E-state index in [2.05, 4.69) is 9.97 Å². The number of hydrogen-bond acceptors (Lipinski definition) is 5. The third-order valence-electron chi connectivity index (χ3n) is 2.44. The maximum atomic E-state index is 12.2. The Morgan fingerprint density at radius 1 is 1.22 bits per heavy atom. The van der Waals surface area contributed by atoms with Gasteiger partial charge in [0.05, 0.1) is 10.6 Å². The second kappa shape index (κ2) is 4.73. The minimum Gasteiger partial charge on any atom is -0.398 e. The Bertz CT molecular complexity index is 654. The van der Waals surface area contributed by atoms with Gasteiger partial charge in [-0.3, -0.25) is 0 Å². The van der Waals surface area contributed by atoms with E-state index in [0.717, 1.165) is 5.56 Å². The second-order valence-electron chi connectivity index (χ2n) is 3.97. The van der Waals surface area contributed by atoms with Crippen LogP contribution in [-0.2, 0) is 15.6 Å². The first-order valence-corrected chi connectivity index (χ1v) is 6.99. The average Bonchev–Trinajstić information content (AvgIpc) is 2.29. The van der Waals surface area contributed by atoms with Gasteiger partial charge in [-0.15, -0.1) is 0 Å². The van der Waals surface area contributed by atoms with Crippen molar-refractivity contribution in [2.24, 2.45) is 0 Å². The highest BCUT2D eigenvalue weighted by atomic mass is 32.2. The highest BCUT2D eigenvalue weighted by Crippen LogP contribution is 2.22. The van der Waals surface area contributed by atoms with E-state index >= 15 is 0 Å². The van der Waals surface area contributed by atoms with E-state index in [0.29, 0.717) is 0 Å². The number of anilines is 1. The third-order valence-corrected chi connectivity index (χ3v) is 4.12. The standard InChI is InChI=1S/C12H13N3O2S/c1-9-3-4-11(10(13)7-9)18(16,17)8-12-14-5-2-6-15-12/h2-7H,8,13H2,1H3. The molecular weight excluding hydrogens is 250 g/mol. The van der Waals surface area contributed by atoms with Gasteiger partial charge < -0.3 is 5.73 Å². The van der Waals surface area contributed by atoms with Gasteiger partial charge in [-0.1, -0.05) is 6.07 Å². The Hall–Kier alpha value is -1.95. The Labute approximate surface area is 106 Å². The van der Waals surface area contributed by atoms with Gasteiger partial charge in [0.1, 0.15) is 11.6 Å². The third kappa shape index (κ3) is 2.65. The maximum Gasteiger partial charge on any atom is 0.187 e. The molecule has 0 amide bonds. The van der Waals surface area contributed by atoms with Gasteiger partial charge in [-0.05, 0) is 30.7 Å². The Balaban J connectivity index is 2.37. The van der Waals surface area contributed by atoms with Gasteiger partial charge in [0.15, 0.2) is 9.84 Å². The molecule has 94 valence electrons. The summed E-state index contributed by atoms with van der Waals surface area (Å²) in [5, 5.41) is 0. The summed E-state index contributed by atoms with van der Waals surface area (Å²) in [6.07, 6.45) is 3.02. The molecule has 0 saturated carbocycles. The first kappa shape index (κ1) is 12.5. The largest absolute Gasteiger partial charge is 0.398 e. The van der Waals surface area contributed by atoms with Gasteiger partial charge in [-0.2, -0.15) is 0 Å². The zero-order chi connectivity index (χ0) is 13.2. The number of nitrogen functional groups attached to an aromatic ring is 1. The molecule has 0 atom stereocenters. The van der Waals surface area contributed by atoms with Crippen LogP contribution >= 0.6 is 0 Å². The fourth-order valence-corrected chi connectivity index (χ4v) is 2.94. The molecule has 0 saturated heterocycles. The first-order chi connectivity index (χ1) is 8.49. The van der Waals surface area contributed by atoms with Crippen molar-refractivity contribution < 1.29 is 8.42 Å². The summed E-state index contributed by atoms with van der Waals surface area (Å²) in [4.78, 5) is 7.94. The molecular formula is C12H13N3O2S. The number of hydrogen-bond donors (Lipinski definition) is 1. The summed E-state index contributed by atoms with van der Waals surface area (Å²) in [6.45, 7) is 1.85. The van der Waals surface area contributed by atoms with Crippen LogP contribution in [0.2, 0.25) is 0 Å². The lowest BCUT2D eigenvalue weighted by Crippen LogP contribution is -2.10. The van der Waals surface area contributed by atoms with Gasteiger partial charge >= 0.3 is 0 Å². The van der Waals surface area contributed by atoms with Crippen LogP contribution in [0.15, 0.2) is 41.6 Å². The van der Waals surface area contributed by atoms with Crippen molar-refractivity contribution in [3.8, 4) is 0 Å². The molecule has 5 nitrogen and oxygen atoms in total. The highest BCUT2D eigenvalue weighted by Gasteiger charge is 2.19. The fraction of sp³-hybridized carbons (Fsp3) is 0.167. The van der Waals surface area contributed by atoms with Gasteiger partial charge in [-0.25, -0.2) is 18.4 Å². The lowest BCUT2D eigenvalue weighted by atomic mass is 10.2. The van der Waals surface area contributed by atoms with Crippen molar-refractivity contribution in [1.29, 1.82) is 0 Å². The topological polar surface area (TPSA) is 85.9 Å². The van der Waals surface area contributed by atoms with Crippen LogP contribution in [0.3, 0.4) is 0 Å². The molecule has 0 aliphatic carbocycles. The van der Waals surface area contributed by atoms with Crippen LogP contribution in [0.4, 0.5) is 5.69 Å². The van der Waals surface area contributed by atoms with E-state index in [4.69, 9.17) is 5.73 Å². The molecule has 1 aromatic heterocycles. The number of rotatable bonds is 3. The molecule has 0 radical (unpaired) electrons. The predicted octanol–water partition coefficient (Wildman–Crippen LogP) is 1.34. The lowest BCUT2D eigenvalue weighted by molar-refractivity contribution is 0.594. The SMILES string of the molecule is Cc1ccc(S(=O)(=O)Cc2ncccn2)c(N)c1. The minimum absolute atomic E-state index is 0.126. The van der Waals surface area contributed by atoms with Crippen molar-refractivity contribution in [2.45, 2.75) is 17.6 Å². The molecule has 0 aliphatic heterocycles. The van der Waals surface area contributed by atoms with E-state index in [9.17, 15) is 8.42 Å². The van der Waals surface area contributed by atoms with Crippen molar-refractivity contribution in [1.82, 2.24) is 9.97 Å². The molecule has 2 N–H and O–H groups in total.